The number of para-hydroxylation sites is 1. The Kier molecular flexibility index (Phi) is 5.54. The number of rotatable bonds is 5. The first-order chi connectivity index (χ1) is 10.6. The summed E-state index contributed by atoms with van der Waals surface area (Å²) >= 11 is 6.01. The van der Waals surface area contributed by atoms with E-state index in [2.05, 4.69) is 11.4 Å². The van der Waals surface area contributed by atoms with Crippen LogP contribution in [0.1, 0.15) is 11.1 Å². The highest BCUT2D eigenvalue weighted by Crippen LogP contribution is 2.20. The zero-order valence-electron chi connectivity index (χ0n) is 12.2. The summed E-state index contributed by atoms with van der Waals surface area (Å²) in [5.74, 6) is -0.132. The maximum atomic E-state index is 12.0. The summed E-state index contributed by atoms with van der Waals surface area (Å²) in [7, 11) is 1.85. The first kappa shape index (κ1) is 16.0. The van der Waals surface area contributed by atoms with E-state index >= 15 is 0 Å². The number of nitriles is 1. The fourth-order valence-electron chi connectivity index (χ4n) is 2.10. The number of amides is 1. The minimum absolute atomic E-state index is 0.132. The van der Waals surface area contributed by atoms with Crippen molar-refractivity contribution in [3.05, 3.63) is 64.7 Å². The number of hydrogen-bond acceptors (Lipinski definition) is 3. The maximum Gasteiger partial charge on any atom is 0.238 e. The van der Waals surface area contributed by atoms with Crippen LogP contribution in [0.15, 0.2) is 48.5 Å². The van der Waals surface area contributed by atoms with E-state index in [9.17, 15) is 4.79 Å². The van der Waals surface area contributed by atoms with Gasteiger partial charge in [0.05, 0.1) is 28.9 Å². The van der Waals surface area contributed by atoms with Gasteiger partial charge in [0, 0.05) is 6.54 Å². The van der Waals surface area contributed by atoms with Crippen LogP contribution in [0.5, 0.6) is 0 Å². The van der Waals surface area contributed by atoms with Crippen molar-refractivity contribution in [3.8, 4) is 6.07 Å². The van der Waals surface area contributed by atoms with Crippen LogP contribution in [0.4, 0.5) is 5.69 Å². The molecule has 0 atom stereocenters. The van der Waals surface area contributed by atoms with E-state index in [1.54, 1.807) is 18.2 Å². The lowest BCUT2D eigenvalue weighted by Gasteiger charge is -2.16. The highest BCUT2D eigenvalue weighted by molar-refractivity contribution is 6.33. The number of anilines is 1. The zero-order valence-corrected chi connectivity index (χ0v) is 13.0. The molecule has 2 aromatic rings. The Labute approximate surface area is 134 Å². The average Bonchev–Trinajstić information content (AvgIpc) is 2.49. The number of benzene rings is 2. The van der Waals surface area contributed by atoms with Gasteiger partial charge >= 0.3 is 0 Å². The second kappa shape index (κ2) is 7.60. The predicted octanol–water partition coefficient (Wildman–Crippen LogP) is 3.28. The molecular weight excluding hydrogens is 298 g/mol. The van der Waals surface area contributed by atoms with Crippen LogP contribution in [0.25, 0.3) is 0 Å². The van der Waals surface area contributed by atoms with Gasteiger partial charge in [-0.15, -0.1) is 0 Å². The summed E-state index contributed by atoms with van der Waals surface area (Å²) < 4.78 is 0. The highest BCUT2D eigenvalue weighted by Gasteiger charge is 2.09. The number of carbonyl (C=O) groups is 1. The summed E-state index contributed by atoms with van der Waals surface area (Å²) in [6.07, 6.45) is 0. The summed E-state index contributed by atoms with van der Waals surface area (Å²) in [6.45, 7) is 0.827. The van der Waals surface area contributed by atoms with E-state index in [1.165, 1.54) is 0 Å². The summed E-state index contributed by atoms with van der Waals surface area (Å²) in [4.78, 5) is 13.9. The van der Waals surface area contributed by atoms with Gasteiger partial charge in [0.2, 0.25) is 5.91 Å². The zero-order chi connectivity index (χ0) is 15.9. The lowest BCUT2D eigenvalue weighted by molar-refractivity contribution is -0.117. The molecule has 0 heterocycles. The molecule has 5 heteroatoms. The van der Waals surface area contributed by atoms with Crippen molar-refractivity contribution in [3.63, 3.8) is 0 Å². The molecule has 0 fully saturated rings. The number of hydrogen-bond donors (Lipinski definition) is 1. The van der Waals surface area contributed by atoms with Crippen molar-refractivity contribution in [2.45, 2.75) is 6.54 Å². The summed E-state index contributed by atoms with van der Waals surface area (Å²) in [5.41, 5.74) is 2.22. The molecule has 0 saturated carbocycles. The third-order valence-corrected chi connectivity index (χ3v) is 3.40. The van der Waals surface area contributed by atoms with E-state index in [4.69, 9.17) is 16.9 Å². The fourth-order valence-corrected chi connectivity index (χ4v) is 2.29. The topological polar surface area (TPSA) is 56.1 Å². The molecule has 0 radical (unpaired) electrons. The number of likely N-dealkylation sites (N-methyl/N-ethyl adjacent to an activating group) is 1. The van der Waals surface area contributed by atoms with Crippen molar-refractivity contribution in [1.29, 1.82) is 5.26 Å². The van der Waals surface area contributed by atoms with E-state index < -0.39 is 0 Å². The smallest absolute Gasteiger partial charge is 0.238 e. The van der Waals surface area contributed by atoms with Crippen molar-refractivity contribution in [2.75, 3.05) is 18.9 Å². The second-order valence-electron chi connectivity index (χ2n) is 5.01. The van der Waals surface area contributed by atoms with Crippen molar-refractivity contribution in [2.24, 2.45) is 0 Å². The molecule has 2 aromatic carbocycles. The van der Waals surface area contributed by atoms with Crippen LogP contribution in [0, 0.1) is 11.3 Å². The van der Waals surface area contributed by atoms with E-state index in [0.717, 1.165) is 5.56 Å². The Bertz CT molecular complexity index is 709. The van der Waals surface area contributed by atoms with Gasteiger partial charge in [-0.25, -0.2) is 0 Å². The Morgan fingerprint density at radius 1 is 1.27 bits per heavy atom. The lowest BCUT2D eigenvalue weighted by atomic mass is 10.1. The molecule has 1 amide bonds. The molecule has 2 rings (SSSR count). The van der Waals surface area contributed by atoms with Gasteiger partial charge in [0.15, 0.2) is 0 Å². The Balaban J connectivity index is 1.91. The highest BCUT2D eigenvalue weighted by atomic mass is 35.5. The molecule has 0 unspecified atom stereocenters. The van der Waals surface area contributed by atoms with Gasteiger partial charge in [0.1, 0.15) is 0 Å². The minimum atomic E-state index is -0.132. The van der Waals surface area contributed by atoms with Crippen LogP contribution >= 0.6 is 11.6 Å². The Hall–Kier alpha value is -2.35. The van der Waals surface area contributed by atoms with Crippen molar-refractivity contribution < 1.29 is 4.79 Å². The maximum absolute atomic E-state index is 12.0. The normalized spacial score (nSPS) is 10.3. The van der Waals surface area contributed by atoms with E-state index in [-0.39, 0.29) is 12.5 Å². The summed E-state index contributed by atoms with van der Waals surface area (Å²) in [5, 5.41) is 12.2. The summed E-state index contributed by atoms with van der Waals surface area (Å²) in [6, 6.07) is 16.6. The number of carbonyl (C=O) groups excluding carboxylic acids is 1. The van der Waals surface area contributed by atoms with Gasteiger partial charge in [0.25, 0.3) is 0 Å². The molecule has 4 nitrogen and oxygen atoms in total. The predicted molar refractivity (Wildman–Crippen MR) is 87.6 cm³/mol. The molecule has 22 heavy (non-hydrogen) atoms. The molecule has 0 aliphatic carbocycles. The van der Waals surface area contributed by atoms with Crippen LogP contribution in [0.3, 0.4) is 0 Å². The van der Waals surface area contributed by atoms with Crippen molar-refractivity contribution in [1.82, 2.24) is 4.90 Å². The number of nitrogens with zero attached hydrogens (tertiary/aromatic N) is 2. The van der Waals surface area contributed by atoms with Crippen LogP contribution in [-0.2, 0) is 11.3 Å². The Morgan fingerprint density at radius 2 is 2.05 bits per heavy atom. The minimum Gasteiger partial charge on any atom is -0.324 e. The molecule has 112 valence electrons. The quantitative estimate of drug-likeness (QED) is 0.921. The largest absolute Gasteiger partial charge is 0.324 e. The molecular formula is C17H16ClN3O. The van der Waals surface area contributed by atoms with Crippen LogP contribution < -0.4 is 5.32 Å². The monoisotopic (exact) mass is 313 g/mol. The van der Waals surface area contributed by atoms with Gasteiger partial charge in [-0.1, -0.05) is 35.9 Å². The first-order valence-electron chi connectivity index (χ1n) is 6.80. The van der Waals surface area contributed by atoms with Gasteiger partial charge in [-0.2, -0.15) is 5.26 Å². The second-order valence-corrected chi connectivity index (χ2v) is 5.42. The van der Waals surface area contributed by atoms with Gasteiger partial charge in [-0.05, 0) is 36.9 Å². The molecule has 0 bridgehead atoms. The average molecular weight is 314 g/mol. The number of nitrogens with one attached hydrogen (secondary N) is 1. The third kappa shape index (κ3) is 4.59. The van der Waals surface area contributed by atoms with Gasteiger partial charge in [-0.3, -0.25) is 9.69 Å². The third-order valence-electron chi connectivity index (χ3n) is 3.07. The standard InChI is InChI=1S/C17H16ClN3O/c1-21(11-14-6-4-5-13(9-14)10-19)12-17(22)20-16-8-3-2-7-15(16)18/h2-9H,11-12H2,1H3,(H,20,22). The van der Waals surface area contributed by atoms with Crippen LogP contribution in [-0.4, -0.2) is 24.4 Å². The fraction of sp³-hybridized carbons (Fsp3) is 0.176. The number of halogens is 1. The van der Waals surface area contributed by atoms with Crippen molar-refractivity contribution >= 4 is 23.2 Å². The van der Waals surface area contributed by atoms with E-state index in [1.807, 2.05) is 42.3 Å². The molecule has 0 aliphatic heterocycles. The SMILES string of the molecule is CN(CC(=O)Nc1ccccc1Cl)Cc1cccc(C#N)c1. The molecule has 0 aromatic heterocycles. The first-order valence-corrected chi connectivity index (χ1v) is 7.18. The molecule has 0 spiro atoms. The molecule has 1 N–H and O–H groups in total. The van der Waals surface area contributed by atoms with E-state index in [0.29, 0.717) is 22.8 Å². The lowest BCUT2D eigenvalue weighted by Crippen LogP contribution is -2.29. The molecule has 0 aliphatic rings. The molecule has 0 saturated heterocycles. The Morgan fingerprint density at radius 3 is 2.77 bits per heavy atom. The van der Waals surface area contributed by atoms with Gasteiger partial charge < -0.3 is 5.32 Å². The van der Waals surface area contributed by atoms with Crippen LogP contribution in [0.2, 0.25) is 5.02 Å².